The van der Waals surface area contributed by atoms with E-state index in [1.165, 1.54) is 21.5 Å². The Hall–Kier alpha value is -4.42. The first-order valence-corrected chi connectivity index (χ1v) is 10.4. The van der Waals surface area contributed by atoms with Crippen molar-refractivity contribution in [1.29, 1.82) is 0 Å². The minimum atomic E-state index is -2.66. The minimum absolute atomic E-state index is 0.144. The highest BCUT2D eigenvalue weighted by Crippen LogP contribution is 2.35. The van der Waals surface area contributed by atoms with E-state index in [0.29, 0.717) is 30.0 Å². The second kappa shape index (κ2) is 7.57. The van der Waals surface area contributed by atoms with Crippen molar-refractivity contribution in [3.05, 3.63) is 71.8 Å². The van der Waals surface area contributed by atoms with E-state index in [1.54, 1.807) is 42.7 Å². The summed E-state index contributed by atoms with van der Waals surface area (Å²) in [7, 11) is 1.77. The lowest BCUT2D eigenvalue weighted by atomic mass is 9.99. The molecule has 0 saturated carbocycles. The number of hydrogen-bond donors (Lipinski definition) is 1. The maximum absolute atomic E-state index is 13.6. The molecule has 11 nitrogen and oxygen atoms in total. The third-order valence-corrected chi connectivity index (χ3v) is 5.90. The number of rotatable bonds is 4. The molecule has 1 unspecified atom stereocenters. The van der Waals surface area contributed by atoms with Crippen LogP contribution in [0.15, 0.2) is 47.7 Å². The minimum Gasteiger partial charge on any atom is -0.411 e. The van der Waals surface area contributed by atoms with Gasteiger partial charge < -0.3 is 18.9 Å². The fraction of sp³-hybridized carbons (Fsp3) is 0.238. The van der Waals surface area contributed by atoms with Crippen LogP contribution >= 0.6 is 0 Å². The Bertz CT molecular complexity index is 1520. The quantitative estimate of drug-likeness (QED) is 0.433. The number of aromatic nitrogens is 8. The van der Waals surface area contributed by atoms with Crippen molar-refractivity contribution in [2.75, 3.05) is 6.54 Å². The van der Waals surface area contributed by atoms with E-state index in [9.17, 15) is 13.6 Å². The van der Waals surface area contributed by atoms with Crippen molar-refractivity contribution >= 4 is 11.4 Å². The van der Waals surface area contributed by atoms with Gasteiger partial charge in [0.25, 0.3) is 12.3 Å². The summed E-state index contributed by atoms with van der Waals surface area (Å²) in [5.74, 6) is -0.547. The molecule has 0 fully saturated rings. The number of nitrogens with one attached hydrogen (secondary N) is 1. The van der Waals surface area contributed by atoms with Crippen LogP contribution in [0.4, 0.5) is 8.78 Å². The zero-order valence-corrected chi connectivity index (χ0v) is 17.8. The molecular formula is C21H17F2N9O2. The van der Waals surface area contributed by atoms with Gasteiger partial charge in [0, 0.05) is 37.5 Å². The predicted molar refractivity (Wildman–Crippen MR) is 112 cm³/mol. The normalized spacial score (nSPS) is 15.9. The van der Waals surface area contributed by atoms with Gasteiger partial charge in [0.05, 0.1) is 35.8 Å². The fourth-order valence-electron chi connectivity index (χ4n) is 4.27. The average molecular weight is 465 g/mol. The van der Waals surface area contributed by atoms with Crippen molar-refractivity contribution in [3.63, 3.8) is 0 Å². The summed E-state index contributed by atoms with van der Waals surface area (Å²) in [5, 5.41) is 12.4. The van der Waals surface area contributed by atoms with Crippen LogP contribution < -0.4 is 0 Å². The summed E-state index contributed by atoms with van der Waals surface area (Å²) >= 11 is 0. The van der Waals surface area contributed by atoms with Gasteiger partial charge in [0.2, 0.25) is 0 Å². The topological polar surface area (TPSA) is 123 Å². The Labute approximate surface area is 190 Å². The second-order valence-electron chi connectivity index (χ2n) is 7.88. The van der Waals surface area contributed by atoms with Crippen LogP contribution in [-0.2, 0) is 13.5 Å². The number of H-pyrrole nitrogens is 1. The molecule has 0 spiro atoms. The molecule has 0 saturated heterocycles. The number of imidazole rings is 2. The Morgan fingerprint density at radius 2 is 2.21 bits per heavy atom. The number of carbonyl (C=O) groups is 1. The summed E-state index contributed by atoms with van der Waals surface area (Å²) < 4.78 is 35.8. The van der Waals surface area contributed by atoms with Gasteiger partial charge in [-0.05, 0) is 18.2 Å². The van der Waals surface area contributed by atoms with Crippen LogP contribution in [0.5, 0.6) is 0 Å². The number of pyridine rings is 1. The van der Waals surface area contributed by atoms with Crippen LogP contribution in [0.1, 0.15) is 45.8 Å². The molecule has 6 heterocycles. The molecule has 0 aromatic carbocycles. The van der Waals surface area contributed by atoms with E-state index in [4.69, 9.17) is 4.42 Å². The van der Waals surface area contributed by atoms with Crippen molar-refractivity contribution < 1.29 is 18.0 Å². The van der Waals surface area contributed by atoms with Crippen molar-refractivity contribution in [2.45, 2.75) is 18.9 Å². The molecule has 0 radical (unpaired) electrons. The Kier molecular flexibility index (Phi) is 4.50. The molecule has 5 aromatic heterocycles. The number of aryl methyl sites for hydroxylation is 1. The van der Waals surface area contributed by atoms with Crippen molar-refractivity contribution in [2.24, 2.45) is 7.05 Å². The number of aromatic amines is 1. The molecule has 172 valence electrons. The number of halogens is 2. The number of carbonyl (C=O) groups excluding carboxylic acids is 1. The Morgan fingerprint density at radius 1 is 1.32 bits per heavy atom. The average Bonchev–Trinajstić information content (AvgIpc) is 3.62. The van der Waals surface area contributed by atoms with E-state index in [0.717, 1.165) is 5.69 Å². The van der Waals surface area contributed by atoms with Gasteiger partial charge in [-0.25, -0.2) is 23.3 Å². The maximum Gasteiger partial charge on any atom is 0.312 e. The fourth-order valence-corrected chi connectivity index (χ4v) is 4.27. The number of amides is 1. The van der Waals surface area contributed by atoms with Gasteiger partial charge in [-0.3, -0.25) is 4.79 Å². The van der Waals surface area contributed by atoms with Gasteiger partial charge >= 0.3 is 11.8 Å². The molecule has 1 aliphatic heterocycles. The molecular weight excluding hydrogens is 448 g/mol. The lowest BCUT2D eigenvalue weighted by Gasteiger charge is -2.32. The third kappa shape index (κ3) is 3.08. The van der Waals surface area contributed by atoms with Crippen LogP contribution in [0.25, 0.3) is 17.1 Å². The molecule has 1 amide bonds. The van der Waals surface area contributed by atoms with Crippen LogP contribution in [-0.4, -0.2) is 56.7 Å². The molecule has 1 atom stereocenters. The summed E-state index contributed by atoms with van der Waals surface area (Å²) in [5.41, 5.74) is 2.53. The lowest BCUT2D eigenvalue weighted by Crippen LogP contribution is -2.41. The van der Waals surface area contributed by atoms with Crippen molar-refractivity contribution in [3.8, 4) is 11.6 Å². The molecule has 34 heavy (non-hydrogen) atoms. The molecule has 1 aliphatic rings. The van der Waals surface area contributed by atoms with Gasteiger partial charge in [-0.2, -0.15) is 5.10 Å². The van der Waals surface area contributed by atoms with Gasteiger partial charge in [-0.15, -0.1) is 10.2 Å². The van der Waals surface area contributed by atoms with Gasteiger partial charge in [0.15, 0.2) is 0 Å². The lowest BCUT2D eigenvalue weighted by molar-refractivity contribution is 0.0646. The van der Waals surface area contributed by atoms with Gasteiger partial charge in [0.1, 0.15) is 11.7 Å². The first kappa shape index (κ1) is 20.2. The zero-order valence-electron chi connectivity index (χ0n) is 17.8. The van der Waals surface area contributed by atoms with Gasteiger partial charge in [-0.1, -0.05) is 0 Å². The summed E-state index contributed by atoms with van der Waals surface area (Å²) in [4.78, 5) is 26.5. The first-order valence-electron chi connectivity index (χ1n) is 10.4. The standard InChI is InChI=1S/C21H17F2N9O2/c1-30-10-24-8-15(30)19-27-28-20(34-19)21(33)31-6-4-12-16(26-9-25-12)17(31)13-7-14-11(18(22)23)3-2-5-32(14)29-13/h2-3,5,7-10,17-18H,4,6H2,1H3,(H,25,26). The molecule has 6 rings (SSSR count). The van der Waals surface area contributed by atoms with E-state index < -0.39 is 18.4 Å². The summed E-state index contributed by atoms with van der Waals surface area (Å²) in [6.45, 7) is 0.317. The largest absolute Gasteiger partial charge is 0.411 e. The zero-order chi connectivity index (χ0) is 23.4. The van der Waals surface area contributed by atoms with E-state index >= 15 is 0 Å². The molecule has 0 bridgehead atoms. The van der Waals surface area contributed by atoms with Crippen LogP contribution in [0, 0.1) is 0 Å². The summed E-state index contributed by atoms with van der Waals surface area (Å²) in [6.07, 6.45) is 4.12. The Morgan fingerprint density at radius 3 is 3.00 bits per heavy atom. The monoisotopic (exact) mass is 465 g/mol. The molecule has 5 aromatic rings. The second-order valence-corrected chi connectivity index (χ2v) is 7.88. The SMILES string of the molecule is Cn1cncc1-c1nnc(C(=O)N2CCc3[nH]cnc3C2c2cc3c(C(F)F)cccn3n2)o1. The van der Waals surface area contributed by atoms with E-state index in [2.05, 4.69) is 30.2 Å². The van der Waals surface area contributed by atoms with Crippen LogP contribution in [0.3, 0.4) is 0 Å². The number of fused-ring (bicyclic) bond motifs is 2. The maximum atomic E-state index is 13.6. The smallest absolute Gasteiger partial charge is 0.312 e. The highest BCUT2D eigenvalue weighted by Gasteiger charge is 2.38. The van der Waals surface area contributed by atoms with Crippen LogP contribution in [0.2, 0.25) is 0 Å². The molecule has 0 aliphatic carbocycles. The highest BCUT2D eigenvalue weighted by atomic mass is 19.3. The van der Waals surface area contributed by atoms with E-state index in [1.807, 2.05) is 0 Å². The number of hydrogen-bond acceptors (Lipinski definition) is 7. The number of nitrogens with zero attached hydrogens (tertiary/aromatic N) is 8. The molecule has 13 heteroatoms. The highest BCUT2D eigenvalue weighted by molar-refractivity contribution is 5.90. The summed E-state index contributed by atoms with van der Waals surface area (Å²) in [6, 6.07) is 3.70. The first-order chi connectivity index (χ1) is 16.5. The van der Waals surface area contributed by atoms with E-state index in [-0.39, 0.29) is 22.9 Å². The predicted octanol–water partition coefficient (Wildman–Crippen LogP) is 2.57. The van der Waals surface area contributed by atoms with Crippen molar-refractivity contribution in [1.82, 2.24) is 44.2 Å². The third-order valence-electron chi connectivity index (χ3n) is 5.90. The number of alkyl halides is 2. The molecule has 1 N–H and O–H groups in total. The Balaban J connectivity index is 1.42.